The van der Waals surface area contributed by atoms with E-state index in [0.29, 0.717) is 10.6 Å². The van der Waals surface area contributed by atoms with E-state index >= 15 is 0 Å². The van der Waals surface area contributed by atoms with Crippen LogP contribution in [0.2, 0.25) is 0 Å². The van der Waals surface area contributed by atoms with Gasteiger partial charge in [0.1, 0.15) is 0 Å². The fraction of sp³-hybridized carbons (Fsp3) is 0.467. The van der Waals surface area contributed by atoms with Crippen molar-refractivity contribution < 1.29 is 4.79 Å². The van der Waals surface area contributed by atoms with Gasteiger partial charge in [0.25, 0.3) is 5.91 Å². The summed E-state index contributed by atoms with van der Waals surface area (Å²) < 4.78 is 0. The van der Waals surface area contributed by atoms with Crippen LogP contribution in [0, 0.1) is 0 Å². The predicted octanol–water partition coefficient (Wildman–Crippen LogP) is 2.03. The van der Waals surface area contributed by atoms with Crippen molar-refractivity contribution in [3.05, 3.63) is 29.8 Å². The van der Waals surface area contributed by atoms with E-state index in [1.54, 1.807) is 0 Å². The summed E-state index contributed by atoms with van der Waals surface area (Å²) in [5, 5.41) is 0. The molecule has 0 saturated carbocycles. The number of carbonyl (C=O) groups is 1. The van der Waals surface area contributed by atoms with Crippen LogP contribution in [0.25, 0.3) is 0 Å². The molecular formula is C15H21N3OS. The van der Waals surface area contributed by atoms with E-state index in [-0.39, 0.29) is 11.9 Å². The van der Waals surface area contributed by atoms with Gasteiger partial charge in [0.2, 0.25) is 0 Å². The molecule has 0 aromatic heterocycles. The quantitative estimate of drug-likeness (QED) is 0.866. The second-order valence-corrected chi connectivity index (χ2v) is 5.83. The molecule has 1 aromatic rings. The molecule has 0 spiro atoms. The molecule has 0 bridgehead atoms. The van der Waals surface area contributed by atoms with Crippen LogP contribution in [0.5, 0.6) is 0 Å². The predicted molar refractivity (Wildman–Crippen MR) is 86.2 cm³/mol. The molecule has 1 aliphatic heterocycles. The first-order valence-corrected chi connectivity index (χ1v) is 7.29. The second-order valence-electron chi connectivity index (χ2n) is 5.36. The molecule has 5 heteroatoms. The Bertz CT molecular complexity index is 516. The summed E-state index contributed by atoms with van der Waals surface area (Å²) >= 11 is 5.10. The van der Waals surface area contributed by atoms with E-state index in [2.05, 4.69) is 0 Å². The summed E-state index contributed by atoms with van der Waals surface area (Å²) in [6.07, 6.45) is 2.95. The van der Waals surface area contributed by atoms with Gasteiger partial charge in [0, 0.05) is 31.9 Å². The van der Waals surface area contributed by atoms with Crippen molar-refractivity contribution >= 4 is 28.8 Å². The topological polar surface area (TPSA) is 49.6 Å². The molecule has 108 valence electrons. The maximum atomic E-state index is 12.7. The lowest BCUT2D eigenvalue weighted by molar-refractivity contribution is 0.0681. The number of anilines is 1. The highest BCUT2D eigenvalue weighted by atomic mass is 32.1. The van der Waals surface area contributed by atoms with E-state index in [0.717, 1.165) is 31.5 Å². The number of piperidine rings is 1. The Kier molecular flexibility index (Phi) is 4.60. The van der Waals surface area contributed by atoms with E-state index in [1.165, 1.54) is 0 Å². The van der Waals surface area contributed by atoms with Crippen molar-refractivity contribution in [2.75, 3.05) is 25.5 Å². The summed E-state index contributed by atoms with van der Waals surface area (Å²) in [5.74, 6) is 0.0196. The highest BCUT2D eigenvalue weighted by Crippen LogP contribution is 2.22. The van der Waals surface area contributed by atoms with Crippen molar-refractivity contribution in [1.29, 1.82) is 0 Å². The Morgan fingerprint density at radius 2 is 2.15 bits per heavy atom. The lowest BCUT2D eigenvalue weighted by Gasteiger charge is -2.35. The van der Waals surface area contributed by atoms with Gasteiger partial charge in [-0.2, -0.15) is 0 Å². The third kappa shape index (κ3) is 3.10. The smallest absolute Gasteiger partial charge is 0.254 e. The van der Waals surface area contributed by atoms with Gasteiger partial charge >= 0.3 is 0 Å². The minimum Gasteiger partial charge on any atom is -0.392 e. The van der Waals surface area contributed by atoms with Crippen LogP contribution in [-0.4, -0.2) is 42.5 Å². The van der Waals surface area contributed by atoms with Crippen LogP contribution in [-0.2, 0) is 0 Å². The van der Waals surface area contributed by atoms with Crippen LogP contribution in [0.1, 0.15) is 29.6 Å². The van der Waals surface area contributed by atoms with E-state index in [9.17, 15) is 4.79 Å². The molecular weight excluding hydrogens is 270 g/mol. The second kappa shape index (κ2) is 6.22. The van der Waals surface area contributed by atoms with Crippen molar-refractivity contribution in [2.24, 2.45) is 5.73 Å². The average molecular weight is 291 g/mol. The highest BCUT2D eigenvalue weighted by molar-refractivity contribution is 7.80. The molecule has 1 fully saturated rings. The Morgan fingerprint density at radius 1 is 1.40 bits per heavy atom. The zero-order chi connectivity index (χ0) is 14.7. The van der Waals surface area contributed by atoms with E-state index < -0.39 is 0 Å². The van der Waals surface area contributed by atoms with Crippen molar-refractivity contribution in [3.63, 3.8) is 0 Å². The first-order chi connectivity index (χ1) is 9.50. The number of hydrogen-bond donors (Lipinski definition) is 1. The van der Waals surface area contributed by atoms with Crippen molar-refractivity contribution in [1.82, 2.24) is 4.90 Å². The average Bonchev–Trinajstić information content (AvgIpc) is 2.46. The van der Waals surface area contributed by atoms with Crippen LogP contribution < -0.4 is 10.6 Å². The molecule has 1 aliphatic rings. The van der Waals surface area contributed by atoms with Gasteiger partial charge in [-0.05, 0) is 37.5 Å². The number of nitrogens with zero attached hydrogens (tertiary/aromatic N) is 2. The molecule has 1 heterocycles. The molecule has 2 rings (SSSR count). The summed E-state index contributed by atoms with van der Waals surface area (Å²) in [6, 6.07) is 7.54. The van der Waals surface area contributed by atoms with Crippen LogP contribution in [0.15, 0.2) is 24.3 Å². The molecule has 1 unspecified atom stereocenters. The van der Waals surface area contributed by atoms with E-state index in [1.807, 2.05) is 48.2 Å². The summed E-state index contributed by atoms with van der Waals surface area (Å²) in [6.45, 7) is 0.729. The van der Waals surface area contributed by atoms with E-state index in [4.69, 9.17) is 18.0 Å². The maximum Gasteiger partial charge on any atom is 0.254 e. The molecule has 2 N–H and O–H groups in total. The SMILES string of the molecule is CN(C)c1cccc(C(=O)N2CCCCC2C(N)=S)c1. The van der Waals surface area contributed by atoms with Gasteiger partial charge in [0.15, 0.2) is 0 Å². The number of benzene rings is 1. The van der Waals surface area contributed by atoms with Crippen molar-refractivity contribution in [2.45, 2.75) is 25.3 Å². The molecule has 1 saturated heterocycles. The minimum atomic E-state index is -0.103. The zero-order valence-electron chi connectivity index (χ0n) is 12.0. The standard InChI is InChI=1S/C15H21N3OS/c1-17(2)12-7-5-6-11(10-12)15(19)18-9-4-3-8-13(18)14(16)20/h5-7,10,13H,3-4,8-9H2,1-2H3,(H2,16,20). The molecule has 0 aliphatic carbocycles. The van der Waals surface area contributed by atoms with Crippen LogP contribution in [0.4, 0.5) is 5.69 Å². The Labute approximate surface area is 125 Å². The Balaban J connectivity index is 2.25. The number of rotatable bonds is 3. The zero-order valence-corrected chi connectivity index (χ0v) is 12.8. The number of amides is 1. The molecule has 4 nitrogen and oxygen atoms in total. The van der Waals surface area contributed by atoms with Gasteiger partial charge in [-0.3, -0.25) is 4.79 Å². The third-order valence-electron chi connectivity index (χ3n) is 3.70. The molecule has 1 amide bonds. The Hall–Kier alpha value is -1.62. The summed E-state index contributed by atoms with van der Waals surface area (Å²) in [7, 11) is 3.92. The Morgan fingerprint density at radius 3 is 2.80 bits per heavy atom. The van der Waals surface area contributed by atoms with Crippen molar-refractivity contribution in [3.8, 4) is 0 Å². The lowest BCUT2D eigenvalue weighted by Crippen LogP contribution is -2.49. The van der Waals surface area contributed by atoms with Gasteiger partial charge in [0.05, 0.1) is 11.0 Å². The first-order valence-electron chi connectivity index (χ1n) is 6.88. The monoisotopic (exact) mass is 291 g/mol. The molecule has 1 atom stereocenters. The van der Waals surface area contributed by atoms with Crippen LogP contribution in [0.3, 0.4) is 0 Å². The number of hydrogen-bond acceptors (Lipinski definition) is 3. The maximum absolute atomic E-state index is 12.7. The summed E-state index contributed by atoms with van der Waals surface area (Å²) in [5.41, 5.74) is 7.49. The summed E-state index contributed by atoms with van der Waals surface area (Å²) in [4.78, 5) is 16.9. The number of carbonyl (C=O) groups excluding carboxylic acids is 1. The fourth-order valence-corrected chi connectivity index (χ4v) is 2.80. The van der Waals surface area contributed by atoms with Gasteiger partial charge in [-0.15, -0.1) is 0 Å². The molecule has 1 aromatic carbocycles. The van der Waals surface area contributed by atoms with Crippen LogP contribution >= 0.6 is 12.2 Å². The third-order valence-corrected chi connectivity index (χ3v) is 3.97. The number of thiocarbonyl (C=S) groups is 1. The molecule has 20 heavy (non-hydrogen) atoms. The van der Waals surface area contributed by atoms with Gasteiger partial charge < -0.3 is 15.5 Å². The number of nitrogens with two attached hydrogens (primary N) is 1. The van der Waals surface area contributed by atoms with Gasteiger partial charge in [-0.1, -0.05) is 18.3 Å². The first kappa shape index (κ1) is 14.8. The molecule has 0 radical (unpaired) electrons. The highest BCUT2D eigenvalue weighted by Gasteiger charge is 2.29. The normalized spacial score (nSPS) is 18.7. The largest absolute Gasteiger partial charge is 0.392 e. The lowest BCUT2D eigenvalue weighted by atomic mass is 10.0. The van der Waals surface area contributed by atoms with Gasteiger partial charge in [-0.25, -0.2) is 0 Å². The number of likely N-dealkylation sites (tertiary alicyclic amines) is 1. The fourth-order valence-electron chi connectivity index (χ4n) is 2.55. The minimum absolute atomic E-state index is 0.0196.